The Hall–Kier alpha value is -0.840. The van der Waals surface area contributed by atoms with Crippen molar-refractivity contribution in [1.29, 1.82) is 0 Å². The molecule has 0 saturated heterocycles. The van der Waals surface area contributed by atoms with Crippen LogP contribution in [0.25, 0.3) is 0 Å². The molecular formula is C4H6N3OS+. The number of nitrogens with zero attached hydrogens (tertiary/aromatic N) is 1. The van der Waals surface area contributed by atoms with Crippen LogP contribution < -0.4 is 10.4 Å². The molecule has 2 N–H and O–H groups in total. The van der Waals surface area contributed by atoms with E-state index in [1.807, 2.05) is 0 Å². The van der Waals surface area contributed by atoms with Gasteiger partial charge in [0, 0.05) is 12.0 Å². The zero-order chi connectivity index (χ0) is 6.85. The molecule has 5 heteroatoms. The van der Waals surface area contributed by atoms with Crippen LogP contribution in [-0.4, -0.2) is 17.1 Å². The molecule has 1 heterocycles. The lowest BCUT2D eigenvalue weighted by molar-refractivity contribution is -0.550. The SMILES string of the molecule is CC1[NH+]=NC(=S)NC1=O. The van der Waals surface area contributed by atoms with E-state index in [1.54, 1.807) is 6.92 Å². The van der Waals surface area contributed by atoms with Crippen molar-refractivity contribution in [2.24, 2.45) is 5.11 Å². The summed E-state index contributed by atoms with van der Waals surface area (Å²) in [6, 6.07) is -0.267. The maximum Gasteiger partial charge on any atom is 0.297 e. The van der Waals surface area contributed by atoms with Crippen LogP contribution in [0.3, 0.4) is 0 Å². The third kappa shape index (κ3) is 1.29. The highest BCUT2D eigenvalue weighted by Gasteiger charge is 2.22. The number of nitrogens with one attached hydrogen (secondary N) is 2. The van der Waals surface area contributed by atoms with E-state index in [4.69, 9.17) is 0 Å². The molecule has 0 aromatic rings. The minimum absolute atomic E-state index is 0.130. The lowest BCUT2D eigenvalue weighted by atomic mass is 10.3. The summed E-state index contributed by atoms with van der Waals surface area (Å²) in [4.78, 5) is 10.7. The minimum atomic E-state index is -0.267. The molecule has 0 fully saturated rings. The van der Waals surface area contributed by atoms with Gasteiger partial charge in [0.15, 0.2) is 0 Å². The van der Waals surface area contributed by atoms with Crippen LogP contribution in [0.4, 0.5) is 0 Å². The van der Waals surface area contributed by atoms with Crippen molar-refractivity contribution in [1.82, 2.24) is 5.32 Å². The summed E-state index contributed by atoms with van der Waals surface area (Å²) in [6.07, 6.45) is 0. The molecular weight excluding hydrogens is 138 g/mol. The molecule has 48 valence electrons. The monoisotopic (exact) mass is 144 g/mol. The van der Waals surface area contributed by atoms with Crippen LogP contribution in [0.2, 0.25) is 0 Å². The quantitative estimate of drug-likeness (QED) is 0.399. The predicted molar refractivity (Wildman–Crippen MR) is 33.6 cm³/mol. The highest BCUT2D eigenvalue weighted by Crippen LogP contribution is 1.80. The second-order valence-corrected chi connectivity index (χ2v) is 2.14. The van der Waals surface area contributed by atoms with Crippen LogP contribution in [0.1, 0.15) is 6.92 Å². The van der Waals surface area contributed by atoms with Crippen molar-refractivity contribution in [3.63, 3.8) is 0 Å². The Labute approximate surface area is 57.3 Å². The average Bonchev–Trinajstić information content (AvgIpc) is 1.80. The molecule has 0 aromatic heterocycles. The molecule has 1 aliphatic rings. The Bertz CT molecular complexity index is 188. The summed E-state index contributed by atoms with van der Waals surface area (Å²) in [5.74, 6) is -0.130. The fourth-order valence-corrected chi connectivity index (χ4v) is 0.609. The van der Waals surface area contributed by atoms with Crippen molar-refractivity contribution >= 4 is 23.2 Å². The highest BCUT2D eigenvalue weighted by atomic mass is 32.1. The average molecular weight is 144 g/mol. The maximum absolute atomic E-state index is 10.7. The molecule has 0 aromatic carbocycles. The van der Waals surface area contributed by atoms with E-state index in [2.05, 4.69) is 27.8 Å². The van der Waals surface area contributed by atoms with Gasteiger partial charge in [-0.25, -0.2) is 0 Å². The highest BCUT2D eigenvalue weighted by molar-refractivity contribution is 7.80. The summed E-state index contributed by atoms with van der Waals surface area (Å²) in [6.45, 7) is 1.71. The first-order chi connectivity index (χ1) is 4.20. The van der Waals surface area contributed by atoms with Gasteiger partial charge in [-0.2, -0.15) is 0 Å². The maximum atomic E-state index is 10.7. The van der Waals surface area contributed by atoms with Gasteiger partial charge in [0.05, 0.1) is 0 Å². The van der Waals surface area contributed by atoms with Gasteiger partial charge in [-0.15, -0.1) is 5.11 Å². The second-order valence-electron chi connectivity index (χ2n) is 1.76. The molecule has 9 heavy (non-hydrogen) atoms. The van der Waals surface area contributed by atoms with E-state index in [-0.39, 0.29) is 17.1 Å². The number of azo groups is 1. The van der Waals surface area contributed by atoms with Gasteiger partial charge in [0.25, 0.3) is 17.1 Å². The van der Waals surface area contributed by atoms with Gasteiger partial charge in [0.2, 0.25) is 0 Å². The molecule has 1 unspecified atom stereocenters. The number of hydrogen-bond donors (Lipinski definition) is 2. The molecule has 4 nitrogen and oxygen atoms in total. The normalized spacial score (nSPS) is 26.1. The van der Waals surface area contributed by atoms with Crippen LogP contribution in [0, 0.1) is 0 Å². The van der Waals surface area contributed by atoms with Gasteiger partial charge in [-0.05, 0) is 12.2 Å². The van der Waals surface area contributed by atoms with E-state index in [9.17, 15) is 4.79 Å². The Morgan fingerprint density at radius 1 is 1.89 bits per heavy atom. The summed E-state index contributed by atoms with van der Waals surface area (Å²) in [5, 5.41) is 8.76. The standard InChI is InChI=1S/C4H5N3OS/c1-2-3(8)5-4(9)7-6-2/h2H,1H3,(H,5,8,9)/p+1. The minimum Gasteiger partial charge on any atom is -0.291 e. The first-order valence-electron chi connectivity index (χ1n) is 2.51. The second kappa shape index (κ2) is 2.18. The largest absolute Gasteiger partial charge is 0.297 e. The lowest BCUT2D eigenvalue weighted by Crippen LogP contribution is -2.80. The van der Waals surface area contributed by atoms with Crippen molar-refractivity contribution in [3.05, 3.63) is 0 Å². The summed E-state index contributed by atoms with van der Waals surface area (Å²) in [7, 11) is 0. The third-order valence-corrected chi connectivity index (χ3v) is 1.18. The Morgan fingerprint density at radius 2 is 2.56 bits per heavy atom. The lowest BCUT2D eigenvalue weighted by Gasteiger charge is -2.03. The van der Waals surface area contributed by atoms with E-state index in [0.717, 1.165) is 0 Å². The van der Waals surface area contributed by atoms with Crippen LogP contribution in [0.5, 0.6) is 0 Å². The summed E-state index contributed by atoms with van der Waals surface area (Å²) < 4.78 is 0. The number of hydrogen-bond acceptors (Lipinski definition) is 2. The number of carbonyl (C=O) groups is 1. The third-order valence-electron chi connectivity index (χ3n) is 0.983. The van der Waals surface area contributed by atoms with Crippen molar-refractivity contribution in [3.8, 4) is 0 Å². The summed E-state index contributed by atoms with van der Waals surface area (Å²) >= 11 is 4.57. The van der Waals surface area contributed by atoms with Gasteiger partial charge in [-0.3, -0.25) is 10.1 Å². The Morgan fingerprint density at radius 3 is 3.00 bits per heavy atom. The zero-order valence-corrected chi connectivity index (χ0v) is 5.66. The van der Waals surface area contributed by atoms with Crippen LogP contribution >= 0.6 is 12.2 Å². The Kier molecular flexibility index (Phi) is 1.52. The Balaban J connectivity index is 2.76. The first-order valence-corrected chi connectivity index (χ1v) is 2.92. The smallest absolute Gasteiger partial charge is 0.291 e. The summed E-state index contributed by atoms with van der Waals surface area (Å²) in [5.41, 5.74) is 0. The van der Waals surface area contributed by atoms with Crippen molar-refractivity contribution < 1.29 is 9.91 Å². The van der Waals surface area contributed by atoms with E-state index < -0.39 is 0 Å². The molecule has 0 radical (unpaired) electrons. The number of thiocarbonyl (C=S) groups is 1. The van der Waals surface area contributed by atoms with Gasteiger partial charge >= 0.3 is 0 Å². The number of amides is 1. The van der Waals surface area contributed by atoms with E-state index in [0.29, 0.717) is 0 Å². The first kappa shape index (κ1) is 6.28. The fourth-order valence-electron chi connectivity index (χ4n) is 0.456. The predicted octanol–water partition coefficient (Wildman–Crippen LogP) is -1.68. The van der Waals surface area contributed by atoms with Crippen LogP contribution in [0.15, 0.2) is 5.11 Å². The topological polar surface area (TPSA) is 55.4 Å². The van der Waals surface area contributed by atoms with Crippen molar-refractivity contribution in [2.75, 3.05) is 0 Å². The van der Waals surface area contributed by atoms with Gasteiger partial charge < -0.3 is 0 Å². The van der Waals surface area contributed by atoms with Crippen molar-refractivity contribution in [2.45, 2.75) is 13.0 Å². The van der Waals surface area contributed by atoms with Crippen LogP contribution in [-0.2, 0) is 4.79 Å². The molecule has 1 aliphatic heterocycles. The molecule has 1 amide bonds. The zero-order valence-electron chi connectivity index (χ0n) is 4.84. The van der Waals surface area contributed by atoms with Gasteiger partial charge in [0.1, 0.15) is 0 Å². The molecule has 0 saturated carbocycles. The van der Waals surface area contributed by atoms with E-state index >= 15 is 0 Å². The van der Waals surface area contributed by atoms with Gasteiger partial charge in [-0.1, -0.05) is 0 Å². The molecule has 1 rings (SSSR count). The number of rotatable bonds is 0. The molecule has 1 atom stereocenters. The number of carbonyl (C=O) groups excluding carboxylic acids is 1. The fraction of sp³-hybridized carbons (Fsp3) is 0.500. The molecule has 0 aliphatic carbocycles. The molecule has 0 bridgehead atoms. The molecule has 0 spiro atoms. The van der Waals surface area contributed by atoms with E-state index in [1.165, 1.54) is 0 Å².